The number of nitrogens with zero attached hydrogens (tertiary/aromatic N) is 1. The van der Waals surface area contributed by atoms with Gasteiger partial charge in [0.1, 0.15) is 11.8 Å². The molecule has 0 aliphatic heterocycles. The van der Waals surface area contributed by atoms with Crippen molar-refractivity contribution in [1.29, 1.82) is 5.26 Å². The molecule has 1 rings (SSSR count). The van der Waals surface area contributed by atoms with Crippen LogP contribution in [0, 0.1) is 18.3 Å². The molecule has 10 heavy (non-hydrogen) atoms. The Hall–Kier alpha value is -1.56. The predicted octanol–water partition coefficient (Wildman–Crippen LogP) is 0.555. The summed E-state index contributed by atoms with van der Waals surface area (Å²) in [6.45, 7) is 1.69. The van der Waals surface area contributed by atoms with Gasteiger partial charge in [-0.3, -0.25) is 4.79 Å². The van der Waals surface area contributed by atoms with E-state index in [2.05, 4.69) is 4.98 Å². The Morgan fingerprint density at radius 2 is 2.40 bits per heavy atom. The highest BCUT2D eigenvalue weighted by molar-refractivity contribution is 5.22. The third-order valence-corrected chi connectivity index (χ3v) is 1.23. The van der Waals surface area contributed by atoms with Crippen LogP contribution in [0.1, 0.15) is 11.3 Å². The van der Waals surface area contributed by atoms with Gasteiger partial charge in [0.15, 0.2) is 5.43 Å². The van der Waals surface area contributed by atoms with Gasteiger partial charge in [-0.15, -0.1) is 0 Å². The highest BCUT2D eigenvalue weighted by atomic mass is 16.1. The van der Waals surface area contributed by atoms with Gasteiger partial charge < -0.3 is 4.98 Å². The van der Waals surface area contributed by atoms with E-state index in [0.717, 1.165) is 0 Å². The Bertz CT molecular complexity index is 332. The second kappa shape index (κ2) is 2.36. The van der Waals surface area contributed by atoms with E-state index in [4.69, 9.17) is 5.26 Å². The highest BCUT2D eigenvalue weighted by Crippen LogP contribution is 1.87. The summed E-state index contributed by atoms with van der Waals surface area (Å²) in [5, 5.41) is 8.33. The van der Waals surface area contributed by atoms with Crippen molar-refractivity contribution < 1.29 is 0 Å². The maximum Gasteiger partial charge on any atom is 0.185 e. The van der Waals surface area contributed by atoms with Crippen LogP contribution < -0.4 is 5.43 Å². The molecule has 0 saturated carbocycles. The Morgan fingerprint density at radius 3 is 2.90 bits per heavy atom. The first kappa shape index (κ1) is 6.56. The van der Waals surface area contributed by atoms with Crippen LogP contribution in [0.15, 0.2) is 17.1 Å². The number of hydrogen-bond acceptors (Lipinski definition) is 2. The Labute approximate surface area is 57.9 Å². The lowest BCUT2D eigenvalue weighted by Gasteiger charge is -1.89. The fourth-order valence-corrected chi connectivity index (χ4v) is 0.608. The minimum Gasteiger partial charge on any atom is -0.353 e. The molecule has 0 radical (unpaired) electrons. The van der Waals surface area contributed by atoms with Crippen LogP contribution in [-0.4, -0.2) is 4.98 Å². The number of pyridine rings is 1. The smallest absolute Gasteiger partial charge is 0.185 e. The lowest BCUT2D eigenvalue weighted by atomic mass is 10.3. The van der Waals surface area contributed by atoms with Crippen molar-refractivity contribution >= 4 is 0 Å². The molecule has 0 spiro atoms. The quantitative estimate of drug-likeness (QED) is 0.563. The average molecular weight is 134 g/mol. The third kappa shape index (κ3) is 1.06. The average Bonchev–Trinajstić information content (AvgIpc) is 1.95. The Balaban J connectivity index is 3.34. The van der Waals surface area contributed by atoms with Crippen LogP contribution in [0.2, 0.25) is 0 Å². The minimum atomic E-state index is -0.102. The SMILES string of the molecule is Cc1c[nH]c(C#N)cc1=O. The van der Waals surface area contributed by atoms with Crippen molar-refractivity contribution in [1.82, 2.24) is 4.98 Å². The zero-order valence-corrected chi connectivity index (χ0v) is 5.51. The number of nitrogens with one attached hydrogen (secondary N) is 1. The fraction of sp³-hybridized carbons (Fsp3) is 0.143. The summed E-state index contributed by atoms with van der Waals surface area (Å²) in [6.07, 6.45) is 1.53. The zero-order chi connectivity index (χ0) is 7.56. The summed E-state index contributed by atoms with van der Waals surface area (Å²) in [6, 6.07) is 3.13. The molecule has 1 aromatic rings. The second-order valence-corrected chi connectivity index (χ2v) is 2.01. The molecular formula is C7H6N2O. The molecule has 3 heteroatoms. The number of aromatic amines is 1. The van der Waals surface area contributed by atoms with E-state index >= 15 is 0 Å². The first-order valence-corrected chi connectivity index (χ1v) is 2.83. The first-order valence-electron chi connectivity index (χ1n) is 2.83. The van der Waals surface area contributed by atoms with E-state index in [1.807, 2.05) is 6.07 Å². The molecule has 0 aliphatic carbocycles. The van der Waals surface area contributed by atoms with E-state index in [-0.39, 0.29) is 5.43 Å². The van der Waals surface area contributed by atoms with Crippen molar-refractivity contribution in [3.05, 3.63) is 33.7 Å². The molecular weight excluding hydrogens is 128 g/mol. The van der Waals surface area contributed by atoms with E-state index in [9.17, 15) is 4.79 Å². The molecule has 0 saturated heterocycles. The lowest BCUT2D eigenvalue weighted by molar-refractivity contribution is 1.20. The molecule has 1 N–H and O–H groups in total. The number of nitriles is 1. The predicted molar refractivity (Wildman–Crippen MR) is 36.5 cm³/mol. The maximum atomic E-state index is 10.8. The minimum absolute atomic E-state index is 0.102. The maximum absolute atomic E-state index is 10.8. The molecule has 0 bridgehead atoms. The van der Waals surface area contributed by atoms with Gasteiger partial charge in [0, 0.05) is 17.8 Å². The van der Waals surface area contributed by atoms with Gasteiger partial charge in [-0.25, -0.2) is 0 Å². The zero-order valence-electron chi connectivity index (χ0n) is 5.51. The van der Waals surface area contributed by atoms with Gasteiger partial charge in [-0.05, 0) is 6.92 Å². The molecule has 3 nitrogen and oxygen atoms in total. The summed E-state index contributed by atoms with van der Waals surface area (Å²) in [4.78, 5) is 13.5. The summed E-state index contributed by atoms with van der Waals surface area (Å²) < 4.78 is 0. The largest absolute Gasteiger partial charge is 0.353 e. The van der Waals surface area contributed by atoms with Crippen LogP contribution in [0.25, 0.3) is 0 Å². The number of rotatable bonds is 0. The summed E-state index contributed by atoms with van der Waals surface area (Å²) in [5.41, 5.74) is 0.824. The number of H-pyrrole nitrogens is 1. The molecule has 0 fully saturated rings. The van der Waals surface area contributed by atoms with Crippen LogP contribution in [-0.2, 0) is 0 Å². The molecule has 1 heterocycles. The standard InChI is InChI=1S/C7H6N2O/c1-5-4-9-6(3-8)2-7(5)10/h2,4H,1H3,(H,9,10). The summed E-state index contributed by atoms with van der Waals surface area (Å²) in [5.74, 6) is 0. The van der Waals surface area contributed by atoms with Crippen LogP contribution in [0.3, 0.4) is 0 Å². The van der Waals surface area contributed by atoms with Gasteiger partial charge in [0.2, 0.25) is 0 Å². The van der Waals surface area contributed by atoms with Crippen LogP contribution in [0.5, 0.6) is 0 Å². The highest BCUT2D eigenvalue weighted by Gasteiger charge is 1.92. The normalized spacial score (nSPS) is 8.80. The Morgan fingerprint density at radius 1 is 1.70 bits per heavy atom. The number of hydrogen-bond donors (Lipinski definition) is 1. The van der Waals surface area contributed by atoms with Gasteiger partial charge in [0.25, 0.3) is 0 Å². The molecule has 0 aromatic carbocycles. The summed E-state index contributed by atoms with van der Waals surface area (Å²) in [7, 11) is 0. The Kier molecular flexibility index (Phi) is 1.55. The fourth-order valence-electron chi connectivity index (χ4n) is 0.608. The molecule has 0 atom stereocenters. The molecule has 0 unspecified atom stereocenters. The number of aromatic nitrogens is 1. The topological polar surface area (TPSA) is 56.6 Å². The lowest BCUT2D eigenvalue weighted by Crippen LogP contribution is -2.04. The van der Waals surface area contributed by atoms with Gasteiger partial charge in [-0.1, -0.05) is 0 Å². The van der Waals surface area contributed by atoms with Crippen LogP contribution in [0.4, 0.5) is 0 Å². The molecule has 0 amide bonds. The van der Waals surface area contributed by atoms with Gasteiger partial charge in [0.05, 0.1) is 0 Å². The summed E-state index contributed by atoms with van der Waals surface area (Å²) >= 11 is 0. The van der Waals surface area contributed by atoms with Crippen molar-refractivity contribution in [2.45, 2.75) is 6.92 Å². The monoisotopic (exact) mass is 134 g/mol. The molecule has 50 valence electrons. The molecule has 0 aliphatic rings. The van der Waals surface area contributed by atoms with Gasteiger partial charge >= 0.3 is 0 Å². The van der Waals surface area contributed by atoms with Gasteiger partial charge in [-0.2, -0.15) is 5.26 Å². The van der Waals surface area contributed by atoms with E-state index in [0.29, 0.717) is 11.3 Å². The second-order valence-electron chi connectivity index (χ2n) is 2.01. The van der Waals surface area contributed by atoms with E-state index in [1.54, 1.807) is 6.92 Å². The van der Waals surface area contributed by atoms with Crippen molar-refractivity contribution in [3.63, 3.8) is 0 Å². The number of aryl methyl sites for hydroxylation is 1. The van der Waals surface area contributed by atoms with Crippen LogP contribution >= 0.6 is 0 Å². The first-order chi connectivity index (χ1) is 4.74. The van der Waals surface area contributed by atoms with Crippen molar-refractivity contribution in [2.75, 3.05) is 0 Å². The van der Waals surface area contributed by atoms with Crippen molar-refractivity contribution in [3.8, 4) is 6.07 Å². The van der Waals surface area contributed by atoms with E-state index < -0.39 is 0 Å². The third-order valence-electron chi connectivity index (χ3n) is 1.23. The van der Waals surface area contributed by atoms with E-state index in [1.165, 1.54) is 12.3 Å². The van der Waals surface area contributed by atoms with Crippen molar-refractivity contribution in [2.24, 2.45) is 0 Å². The molecule has 1 aromatic heterocycles.